The van der Waals surface area contributed by atoms with Crippen molar-refractivity contribution in [2.75, 3.05) is 12.3 Å². The third kappa shape index (κ3) is 6.23. The van der Waals surface area contributed by atoms with E-state index >= 15 is 0 Å². The molecule has 3 N–H and O–H groups in total. The van der Waals surface area contributed by atoms with E-state index in [2.05, 4.69) is 9.97 Å². The number of nitrogens with two attached hydrogens (primary N) is 1. The van der Waals surface area contributed by atoms with Gasteiger partial charge < -0.3 is 15.7 Å². The van der Waals surface area contributed by atoms with Crippen molar-refractivity contribution in [2.24, 2.45) is 0 Å². The van der Waals surface area contributed by atoms with Crippen LogP contribution in [0.1, 0.15) is 24.7 Å². The van der Waals surface area contributed by atoms with Crippen LogP contribution in [0.5, 0.6) is 0 Å². The number of nitrogens with zero attached hydrogens (tertiary/aromatic N) is 3. The van der Waals surface area contributed by atoms with E-state index in [0.29, 0.717) is 35.7 Å². The monoisotopic (exact) mass is 408 g/mol. The number of aryl methyl sites for hydroxylation is 1. The third-order valence-corrected chi connectivity index (χ3v) is 6.36. The number of anilines is 1. The van der Waals surface area contributed by atoms with Gasteiger partial charge in [0, 0.05) is 40.3 Å². The van der Waals surface area contributed by atoms with Gasteiger partial charge in [0.05, 0.1) is 6.54 Å². The number of allylic oxidation sites excluding steroid dienone is 1. The van der Waals surface area contributed by atoms with Crippen LogP contribution in [0.3, 0.4) is 0 Å². The standard InChI is InChI=1S/C18H21FN4O2S2/c1-12(23(11-25)10-14-9-21-13(2)22-18(14)20)17(6-7-24)27-26-16-5-3-4-15(19)8-16/h3-5,8-9,11,24H,6-7,10H2,1-2H3,(H2,20,21,22)/b17-12-. The summed E-state index contributed by atoms with van der Waals surface area (Å²) in [6, 6.07) is 6.25. The predicted molar refractivity (Wildman–Crippen MR) is 107 cm³/mol. The molecule has 6 nitrogen and oxygen atoms in total. The van der Waals surface area contributed by atoms with E-state index in [4.69, 9.17) is 5.73 Å². The summed E-state index contributed by atoms with van der Waals surface area (Å²) in [7, 11) is 2.75. The molecule has 0 aliphatic rings. The second-order valence-corrected chi connectivity index (χ2v) is 7.96. The summed E-state index contributed by atoms with van der Waals surface area (Å²) >= 11 is 0. The average Bonchev–Trinajstić information content (AvgIpc) is 2.64. The van der Waals surface area contributed by atoms with E-state index in [1.807, 2.05) is 0 Å². The fraction of sp³-hybridized carbons (Fsp3) is 0.278. The van der Waals surface area contributed by atoms with Gasteiger partial charge in [-0.15, -0.1) is 0 Å². The van der Waals surface area contributed by atoms with Crippen LogP contribution in [0.25, 0.3) is 0 Å². The van der Waals surface area contributed by atoms with Crippen molar-refractivity contribution in [3.63, 3.8) is 0 Å². The van der Waals surface area contributed by atoms with Crippen molar-refractivity contribution < 1.29 is 14.3 Å². The maximum absolute atomic E-state index is 13.3. The normalized spacial score (nSPS) is 11.9. The van der Waals surface area contributed by atoms with E-state index < -0.39 is 0 Å². The van der Waals surface area contributed by atoms with Gasteiger partial charge in [0.25, 0.3) is 0 Å². The first-order valence-corrected chi connectivity index (χ1v) is 10.3. The van der Waals surface area contributed by atoms with Crippen LogP contribution >= 0.6 is 21.6 Å². The Hall–Kier alpha value is -2.10. The maximum Gasteiger partial charge on any atom is 0.214 e. The number of hydrogen-bond donors (Lipinski definition) is 2. The van der Waals surface area contributed by atoms with Crippen LogP contribution in [-0.2, 0) is 11.3 Å². The Morgan fingerprint density at radius 1 is 1.44 bits per heavy atom. The zero-order valence-electron chi connectivity index (χ0n) is 15.1. The lowest BCUT2D eigenvalue weighted by atomic mass is 10.2. The largest absolute Gasteiger partial charge is 0.396 e. The molecule has 0 saturated carbocycles. The molecule has 144 valence electrons. The van der Waals surface area contributed by atoms with E-state index in [1.54, 1.807) is 32.2 Å². The zero-order chi connectivity index (χ0) is 19.8. The topological polar surface area (TPSA) is 92.3 Å². The van der Waals surface area contributed by atoms with Gasteiger partial charge in [-0.05, 0) is 32.0 Å². The van der Waals surface area contributed by atoms with E-state index in [9.17, 15) is 14.3 Å². The van der Waals surface area contributed by atoms with Crippen LogP contribution in [0.4, 0.5) is 10.2 Å². The molecule has 1 aromatic carbocycles. The minimum Gasteiger partial charge on any atom is -0.396 e. The summed E-state index contributed by atoms with van der Waals surface area (Å²) in [4.78, 5) is 22.9. The molecule has 0 unspecified atom stereocenters. The van der Waals surface area contributed by atoms with E-state index in [1.165, 1.54) is 38.6 Å². The van der Waals surface area contributed by atoms with Gasteiger partial charge in [0.15, 0.2) is 0 Å². The Bertz CT molecular complexity index is 833. The molecule has 2 aromatic rings. The van der Waals surface area contributed by atoms with Crippen molar-refractivity contribution in [3.05, 3.63) is 58.3 Å². The van der Waals surface area contributed by atoms with Gasteiger partial charge >= 0.3 is 0 Å². The highest BCUT2D eigenvalue weighted by molar-refractivity contribution is 8.78. The Morgan fingerprint density at radius 3 is 2.85 bits per heavy atom. The molecular formula is C18H21FN4O2S2. The molecule has 1 heterocycles. The first-order valence-electron chi connectivity index (χ1n) is 8.15. The minimum absolute atomic E-state index is 0.0636. The molecule has 1 amide bonds. The predicted octanol–water partition coefficient (Wildman–Crippen LogP) is 3.52. The minimum atomic E-state index is -0.311. The number of aliphatic hydroxyl groups excluding tert-OH is 1. The fourth-order valence-electron chi connectivity index (χ4n) is 2.21. The van der Waals surface area contributed by atoms with Crippen molar-refractivity contribution in [1.29, 1.82) is 0 Å². The molecule has 1 aromatic heterocycles. The van der Waals surface area contributed by atoms with Gasteiger partial charge in [-0.2, -0.15) is 0 Å². The zero-order valence-corrected chi connectivity index (χ0v) is 16.7. The number of carbonyl (C=O) groups is 1. The number of benzene rings is 1. The summed E-state index contributed by atoms with van der Waals surface area (Å²) in [5, 5.41) is 9.38. The summed E-state index contributed by atoms with van der Waals surface area (Å²) in [5.74, 6) is 0.575. The van der Waals surface area contributed by atoms with Gasteiger partial charge in [-0.3, -0.25) is 4.79 Å². The number of aliphatic hydroxyl groups is 1. The molecular weight excluding hydrogens is 387 g/mol. The summed E-state index contributed by atoms with van der Waals surface area (Å²) in [6.07, 6.45) is 2.68. The Labute approximate surface area is 165 Å². The number of hydrogen-bond acceptors (Lipinski definition) is 7. The summed E-state index contributed by atoms with van der Waals surface area (Å²) in [6.45, 7) is 3.69. The molecule has 0 spiro atoms. The number of aromatic nitrogens is 2. The second-order valence-electron chi connectivity index (χ2n) is 5.67. The molecule has 2 rings (SSSR count). The number of amides is 1. The molecule has 0 bridgehead atoms. The first-order chi connectivity index (χ1) is 12.9. The first kappa shape index (κ1) is 21.2. The van der Waals surface area contributed by atoms with Crippen LogP contribution in [0, 0.1) is 12.7 Å². The van der Waals surface area contributed by atoms with Crippen molar-refractivity contribution in [1.82, 2.24) is 14.9 Å². The van der Waals surface area contributed by atoms with Crippen molar-refractivity contribution in [3.8, 4) is 0 Å². The summed E-state index contributed by atoms with van der Waals surface area (Å²) < 4.78 is 13.3. The number of nitrogen functional groups attached to an aromatic ring is 1. The Balaban J connectivity index is 2.19. The highest BCUT2D eigenvalue weighted by Gasteiger charge is 2.14. The molecule has 9 heteroatoms. The van der Waals surface area contributed by atoms with Crippen LogP contribution in [0.2, 0.25) is 0 Å². The molecule has 0 fully saturated rings. The van der Waals surface area contributed by atoms with Gasteiger partial charge in [-0.1, -0.05) is 27.7 Å². The van der Waals surface area contributed by atoms with Crippen molar-refractivity contribution in [2.45, 2.75) is 31.7 Å². The summed E-state index contributed by atoms with van der Waals surface area (Å²) in [5.41, 5.74) is 7.24. The van der Waals surface area contributed by atoms with Crippen LogP contribution < -0.4 is 5.73 Å². The second kappa shape index (κ2) is 10.3. The number of carbonyl (C=O) groups excluding carboxylic acids is 1. The van der Waals surface area contributed by atoms with Crippen LogP contribution in [0.15, 0.2) is 46.0 Å². The molecule has 0 radical (unpaired) electrons. The fourth-order valence-corrected chi connectivity index (χ4v) is 4.63. The highest BCUT2D eigenvalue weighted by atomic mass is 33.1. The lowest BCUT2D eigenvalue weighted by Crippen LogP contribution is -2.21. The quantitative estimate of drug-likeness (QED) is 0.484. The maximum atomic E-state index is 13.3. The lowest BCUT2D eigenvalue weighted by Gasteiger charge is -2.22. The lowest BCUT2D eigenvalue weighted by molar-refractivity contribution is -0.116. The highest BCUT2D eigenvalue weighted by Crippen LogP contribution is 2.40. The van der Waals surface area contributed by atoms with Crippen molar-refractivity contribution >= 4 is 33.8 Å². The third-order valence-electron chi connectivity index (χ3n) is 3.69. The molecule has 0 saturated heterocycles. The SMILES string of the molecule is C/C(=C(\CCO)SSc1cccc(F)c1)N(C=O)Cc1cnc(C)nc1N. The van der Waals surface area contributed by atoms with Crippen LogP contribution in [-0.4, -0.2) is 33.0 Å². The Morgan fingerprint density at radius 2 is 2.22 bits per heavy atom. The number of halogens is 1. The van der Waals surface area contributed by atoms with E-state index in [-0.39, 0.29) is 19.0 Å². The van der Waals surface area contributed by atoms with E-state index in [0.717, 1.165) is 9.80 Å². The molecule has 0 atom stereocenters. The van der Waals surface area contributed by atoms with Gasteiger partial charge in [0.2, 0.25) is 6.41 Å². The average molecular weight is 409 g/mol. The Kier molecular flexibility index (Phi) is 8.08. The smallest absolute Gasteiger partial charge is 0.214 e. The number of rotatable bonds is 9. The van der Waals surface area contributed by atoms with Gasteiger partial charge in [-0.25, -0.2) is 14.4 Å². The molecule has 27 heavy (non-hydrogen) atoms. The van der Waals surface area contributed by atoms with Gasteiger partial charge in [0.1, 0.15) is 17.5 Å². The molecule has 0 aliphatic carbocycles. The molecule has 0 aliphatic heterocycles.